The summed E-state index contributed by atoms with van der Waals surface area (Å²) in [5.74, 6) is 0.288. The van der Waals surface area contributed by atoms with Gasteiger partial charge in [-0.15, -0.1) is 0 Å². The van der Waals surface area contributed by atoms with E-state index in [1.807, 2.05) is 30.3 Å². The third-order valence-corrected chi connectivity index (χ3v) is 6.84. The van der Waals surface area contributed by atoms with Crippen LogP contribution in [0.15, 0.2) is 66.2 Å². The zero-order chi connectivity index (χ0) is 27.5. The van der Waals surface area contributed by atoms with Crippen molar-refractivity contribution in [1.82, 2.24) is 4.90 Å². The third kappa shape index (κ3) is 4.83. The first-order valence-corrected chi connectivity index (χ1v) is 12.5. The van der Waals surface area contributed by atoms with Gasteiger partial charge in [-0.3, -0.25) is 9.59 Å². The average molecular weight is 532 g/mol. The van der Waals surface area contributed by atoms with Crippen LogP contribution in [0.1, 0.15) is 22.7 Å². The van der Waals surface area contributed by atoms with Crippen LogP contribution in [0.4, 0.5) is 0 Å². The van der Waals surface area contributed by atoms with E-state index in [2.05, 4.69) is 0 Å². The number of methoxy groups -OCH3 is 3. The van der Waals surface area contributed by atoms with Crippen molar-refractivity contribution < 1.29 is 38.4 Å². The van der Waals surface area contributed by atoms with Gasteiger partial charge in [0.1, 0.15) is 19.0 Å². The van der Waals surface area contributed by atoms with E-state index in [0.717, 1.165) is 5.56 Å². The lowest BCUT2D eigenvalue weighted by molar-refractivity contribution is -0.139. The van der Waals surface area contributed by atoms with Gasteiger partial charge in [0.25, 0.3) is 11.7 Å². The van der Waals surface area contributed by atoms with E-state index in [1.165, 1.54) is 26.2 Å². The van der Waals surface area contributed by atoms with Gasteiger partial charge in [0.05, 0.1) is 32.9 Å². The quantitative estimate of drug-likeness (QED) is 0.263. The summed E-state index contributed by atoms with van der Waals surface area (Å²) in [4.78, 5) is 28.4. The number of carbonyl (C=O) groups excluding carboxylic acids is 2. The summed E-state index contributed by atoms with van der Waals surface area (Å²) in [6.07, 6.45) is 0.513. The van der Waals surface area contributed by atoms with Gasteiger partial charge in [-0.2, -0.15) is 0 Å². The molecule has 1 saturated heterocycles. The number of amides is 1. The Morgan fingerprint density at radius 2 is 1.56 bits per heavy atom. The second-order valence-electron chi connectivity index (χ2n) is 9.05. The number of fused-ring (bicyclic) bond motifs is 1. The number of likely N-dealkylation sites (tertiary alicyclic amines) is 1. The minimum Gasteiger partial charge on any atom is -0.507 e. The first-order valence-electron chi connectivity index (χ1n) is 12.5. The van der Waals surface area contributed by atoms with Crippen LogP contribution in [-0.4, -0.2) is 62.8 Å². The van der Waals surface area contributed by atoms with Crippen molar-refractivity contribution >= 4 is 17.4 Å². The molecule has 0 spiro atoms. The van der Waals surface area contributed by atoms with Crippen molar-refractivity contribution in [3.8, 4) is 28.7 Å². The van der Waals surface area contributed by atoms with E-state index < -0.39 is 17.7 Å². The molecule has 3 aromatic rings. The molecule has 0 radical (unpaired) electrons. The third-order valence-electron chi connectivity index (χ3n) is 6.84. The molecule has 3 aromatic carbocycles. The number of nitrogens with zero attached hydrogens (tertiary/aromatic N) is 1. The first-order chi connectivity index (χ1) is 19.0. The van der Waals surface area contributed by atoms with Gasteiger partial charge >= 0.3 is 0 Å². The predicted octanol–water partition coefficient (Wildman–Crippen LogP) is 4.15. The lowest BCUT2D eigenvalue weighted by atomic mass is 9.94. The summed E-state index contributed by atoms with van der Waals surface area (Å²) in [6.45, 7) is 1.03. The Kier molecular flexibility index (Phi) is 7.31. The maximum absolute atomic E-state index is 13.5. The number of ether oxygens (including phenoxy) is 5. The Hall–Kier alpha value is -4.66. The standard InChI is InChI=1S/C30H29NO8/c1-35-23-16-20(17-24(36-2)29(23)37-3)26-25(27(32)19-9-10-21-22(15-19)39-14-13-38-21)28(33)30(34)31(26)12-11-18-7-5-4-6-8-18/h4-10,15-17,26,32H,11-14H2,1-3H3/b27-25-. The van der Waals surface area contributed by atoms with Crippen LogP contribution in [0.3, 0.4) is 0 Å². The van der Waals surface area contributed by atoms with Gasteiger partial charge in [-0.25, -0.2) is 0 Å². The Morgan fingerprint density at radius 3 is 2.21 bits per heavy atom. The Labute approximate surface area is 226 Å². The van der Waals surface area contributed by atoms with Crippen molar-refractivity contribution in [2.24, 2.45) is 0 Å². The Bertz CT molecular complexity index is 1410. The molecule has 0 bridgehead atoms. The molecule has 39 heavy (non-hydrogen) atoms. The predicted molar refractivity (Wildman–Crippen MR) is 143 cm³/mol. The second kappa shape index (κ2) is 11.0. The van der Waals surface area contributed by atoms with Crippen molar-refractivity contribution in [1.29, 1.82) is 0 Å². The van der Waals surface area contributed by atoms with Gasteiger partial charge in [0.2, 0.25) is 5.75 Å². The number of aliphatic hydroxyl groups is 1. The molecule has 1 amide bonds. The summed E-state index contributed by atoms with van der Waals surface area (Å²) in [7, 11) is 4.47. The fraction of sp³-hybridized carbons (Fsp3) is 0.267. The zero-order valence-corrected chi connectivity index (χ0v) is 21.9. The highest BCUT2D eigenvalue weighted by Gasteiger charge is 2.46. The minimum absolute atomic E-state index is 0.0426. The maximum atomic E-state index is 13.5. The zero-order valence-electron chi connectivity index (χ0n) is 21.9. The van der Waals surface area contributed by atoms with Gasteiger partial charge in [-0.05, 0) is 47.9 Å². The van der Waals surface area contributed by atoms with E-state index in [9.17, 15) is 14.7 Å². The van der Waals surface area contributed by atoms with E-state index in [1.54, 1.807) is 30.3 Å². The topological polar surface area (TPSA) is 104 Å². The Balaban J connectivity index is 1.65. The maximum Gasteiger partial charge on any atom is 0.295 e. The number of hydrogen-bond donors (Lipinski definition) is 1. The lowest BCUT2D eigenvalue weighted by Crippen LogP contribution is -2.31. The molecular formula is C30H29NO8. The summed E-state index contributed by atoms with van der Waals surface area (Å²) < 4.78 is 27.8. The monoisotopic (exact) mass is 531 g/mol. The molecule has 5 rings (SSSR count). The molecule has 0 aromatic heterocycles. The fourth-order valence-corrected chi connectivity index (χ4v) is 4.96. The van der Waals surface area contributed by atoms with Gasteiger partial charge in [-0.1, -0.05) is 30.3 Å². The van der Waals surface area contributed by atoms with Crippen LogP contribution < -0.4 is 23.7 Å². The van der Waals surface area contributed by atoms with Crippen LogP contribution in [0.5, 0.6) is 28.7 Å². The number of Topliss-reactive ketones (excluding diaryl/α,β-unsaturated/α-hetero) is 1. The molecule has 202 valence electrons. The number of rotatable bonds is 8. The van der Waals surface area contributed by atoms with Gasteiger partial charge in [0.15, 0.2) is 23.0 Å². The van der Waals surface area contributed by atoms with Crippen LogP contribution in [0.25, 0.3) is 5.76 Å². The highest BCUT2D eigenvalue weighted by molar-refractivity contribution is 6.46. The van der Waals surface area contributed by atoms with E-state index in [-0.39, 0.29) is 17.9 Å². The number of benzene rings is 3. The molecule has 1 fully saturated rings. The highest BCUT2D eigenvalue weighted by Crippen LogP contribution is 2.46. The van der Waals surface area contributed by atoms with Crippen LogP contribution in [0.2, 0.25) is 0 Å². The minimum atomic E-state index is -0.907. The Morgan fingerprint density at radius 1 is 0.897 bits per heavy atom. The molecule has 9 nitrogen and oxygen atoms in total. The second-order valence-corrected chi connectivity index (χ2v) is 9.05. The van der Waals surface area contributed by atoms with E-state index in [4.69, 9.17) is 23.7 Å². The van der Waals surface area contributed by atoms with Gasteiger partial charge in [0, 0.05) is 12.1 Å². The molecule has 0 saturated carbocycles. The van der Waals surface area contributed by atoms with Crippen LogP contribution in [0, 0.1) is 0 Å². The lowest BCUT2D eigenvalue weighted by Gasteiger charge is -2.27. The summed E-state index contributed by atoms with van der Waals surface area (Å²) in [5, 5.41) is 11.5. The molecule has 1 unspecified atom stereocenters. The molecule has 2 aliphatic rings. The smallest absolute Gasteiger partial charge is 0.295 e. The molecule has 1 N–H and O–H groups in total. The molecule has 2 heterocycles. The number of ketones is 1. The molecule has 9 heteroatoms. The number of hydrogen-bond acceptors (Lipinski definition) is 8. The average Bonchev–Trinajstić information content (AvgIpc) is 3.24. The first kappa shape index (κ1) is 26.0. The van der Waals surface area contributed by atoms with E-state index >= 15 is 0 Å². The normalized spacial score (nSPS) is 17.7. The summed E-state index contributed by atoms with van der Waals surface area (Å²) >= 11 is 0. The van der Waals surface area contributed by atoms with E-state index in [0.29, 0.717) is 59.5 Å². The summed E-state index contributed by atoms with van der Waals surface area (Å²) in [6, 6.07) is 17.0. The van der Waals surface area contributed by atoms with Crippen molar-refractivity contribution in [3.05, 3.63) is 82.9 Å². The highest BCUT2D eigenvalue weighted by atomic mass is 16.6. The van der Waals surface area contributed by atoms with Crippen molar-refractivity contribution in [2.75, 3.05) is 41.1 Å². The van der Waals surface area contributed by atoms with Crippen molar-refractivity contribution in [2.45, 2.75) is 12.5 Å². The number of aliphatic hydroxyl groups excluding tert-OH is 1. The molecular weight excluding hydrogens is 502 g/mol. The summed E-state index contributed by atoms with van der Waals surface area (Å²) in [5.41, 5.74) is 1.82. The SMILES string of the molecule is COc1cc(C2/C(=C(/O)c3ccc4c(c3)OCCO4)C(=O)C(=O)N2CCc2ccccc2)cc(OC)c1OC. The molecule has 2 aliphatic heterocycles. The van der Waals surface area contributed by atoms with Gasteiger partial charge < -0.3 is 33.7 Å². The van der Waals surface area contributed by atoms with Crippen molar-refractivity contribution in [3.63, 3.8) is 0 Å². The fourth-order valence-electron chi connectivity index (χ4n) is 4.96. The van der Waals surface area contributed by atoms with Crippen LogP contribution in [-0.2, 0) is 16.0 Å². The molecule has 0 aliphatic carbocycles. The van der Waals surface area contributed by atoms with Crippen LogP contribution >= 0.6 is 0 Å². The molecule has 1 atom stereocenters. The number of carbonyl (C=O) groups is 2. The largest absolute Gasteiger partial charge is 0.507 e.